The number of esters is 6. The van der Waals surface area contributed by atoms with E-state index in [0.717, 1.165) is 32.1 Å². The van der Waals surface area contributed by atoms with Gasteiger partial charge < -0.3 is 58.3 Å². The van der Waals surface area contributed by atoms with Gasteiger partial charge in [0.15, 0.2) is 0 Å². The molecule has 0 spiro atoms. The minimum Gasteiger partial charge on any atom is -0.462 e. The second-order valence-corrected chi connectivity index (χ2v) is 31.9. The lowest BCUT2D eigenvalue weighted by molar-refractivity contribution is -0.409. The van der Waals surface area contributed by atoms with E-state index in [4.69, 9.17) is 28.4 Å². The number of aliphatic hydroxyl groups is 4. The van der Waals surface area contributed by atoms with Gasteiger partial charge in [0.05, 0.1) is 64.0 Å². The first-order valence-electron chi connectivity index (χ1n) is 32.0. The van der Waals surface area contributed by atoms with Gasteiger partial charge in [-0.1, -0.05) is 27.7 Å². The van der Waals surface area contributed by atoms with Crippen LogP contribution in [0.25, 0.3) is 0 Å². The van der Waals surface area contributed by atoms with Crippen molar-refractivity contribution in [2.24, 2.45) is 62.1 Å². The summed E-state index contributed by atoms with van der Waals surface area (Å²) < 4.78 is 185. The molecule has 9 fully saturated rings. The van der Waals surface area contributed by atoms with Crippen LogP contribution in [-0.2, 0) is 66.7 Å². The number of rotatable bonds is 18. The Morgan fingerprint density at radius 3 is 1.44 bits per heavy atom. The SMILES string of the molecule is CCC(C)(C)C(=O)OC1(C)COC(O)(C(F)(F)F)C1(F)F.CCC(C)(C)C(=O)OC12CC3CC(C(C)(C)O)(C1)CC(C(C)(C)O)(C3)C2.CCC(C)(C)C(=O)OC1C2CC3C1OC(=O)C3C2C(C)(C)OCC(O)(C(F)(F)F)C(F)(F)F.CCC(C)(C)C(=O)OC1COC(=O)C1. The molecule has 0 aromatic carbocycles. The monoisotopic (exact) mass is 1380 g/mol. The number of carbonyl (C=O) groups is 6. The predicted octanol–water partition coefficient (Wildman–Crippen LogP) is 11.9. The highest BCUT2D eigenvalue weighted by atomic mass is 19.4. The van der Waals surface area contributed by atoms with Gasteiger partial charge in [-0.15, -0.1) is 0 Å². The van der Waals surface area contributed by atoms with E-state index < -0.39 is 147 Å². The summed E-state index contributed by atoms with van der Waals surface area (Å²) in [7, 11) is 0. The van der Waals surface area contributed by atoms with E-state index in [-0.39, 0.29) is 60.2 Å². The lowest BCUT2D eigenvalue weighted by Gasteiger charge is -2.70. The van der Waals surface area contributed by atoms with Gasteiger partial charge in [0.25, 0.3) is 5.60 Å². The molecule has 6 aliphatic carbocycles. The fourth-order valence-corrected chi connectivity index (χ4v) is 14.2. The molecule has 94 heavy (non-hydrogen) atoms. The van der Waals surface area contributed by atoms with Gasteiger partial charge in [0.2, 0.25) is 5.60 Å². The molecule has 3 saturated heterocycles. The second kappa shape index (κ2) is 25.8. The predicted molar refractivity (Wildman–Crippen MR) is 311 cm³/mol. The highest BCUT2D eigenvalue weighted by Crippen LogP contribution is 2.73. The van der Waals surface area contributed by atoms with Crippen LogP contribution in [0.15, 0.2) is 0 Å². The molecule has 29 heteroatoms. The molecule has 18 nitrogen and oxygen atoms in total. The number of cyclic esters (lactones) is 1. The molecule has 544 valence electrons. The third-order valence-electron chi connectivity index (χ3n) is 22.3. The highest BCUT2D eigenvalue weighted by molar-refractivity contribution is 5.80. The second-order valence-electron chi connectivity index (χ2n) is 31.9. The molecule has 3 aliphatic heterocycles. The molecule has 0 amide bonds. The lowest BCUT2D eigenvalue weighted by Crippen LogP contribution is -2.70. The zero-order valence-electron chi connectivity index (χ0n) is 57.4. The minimum absolute atomic E-state index is 0.140. The van der Waals surface area contributed by atoms with Crippen LogP contribution < -0.4 is 0 Å². The summed E-state index contributed by atoms with van der Waals surface area (Å²) >= 11 is 0. The summed E-state index contributed by atoms with van der Waals surface area (Å²) in [6, 6.07) is 0. The standard InChI is InChI=1S/C22H38O4.C21H28F6O6.C12H17F5O4.C10H16O4/c1-8-17(2,3)16(23)26-22-11-15-9-20(13-22,18(4,5)24)12-21(10-15,14-22)19(6,7)25;1-6-17(2,3)16(29)33-14-10-7-9-11(15(28)32-13(9)14)12(10)18(4,5)31-8-19(30,20(22,23)24)21(25,26)27;1-5-8(2,3)7(18)21-9(4)6-20-11(19,10(9,13)14)12(15,16)17;1-4-10(2,3)9(12)14-7-5-8(11)13-6-7/h15,24-25H,8-14H2,1-7H3;9-14,30H,6-8H2,1-5H3;19H,5-6H2,1-4H3;7H,4-6H2,1-3H3. The van der Waals surface area contributed by atoms with Crippen molar-refractivity contribution in [1.29, 1.82) is 0 Å². The van der Waals surface area contributed by atoms with E-state index in [1.54, 1.807) is 27.7 Å². The van der Waals surface area contributed by atoms with Crippen LogP contribution in [0.3, 0.4) is 0 Å². The Kier molecular flexibility index (Phi) is 22.1. The molecular formula is C65H99F11O18. The van der Waals surface area contributed by atoms with Crippen molar-refractivity contribution in [3.63, 3.8) is 0 Å². The molecule has 0 aromatic rings. The molecular weight excluding hydrogens is 1280 g/mol. The van der Waals surface area contributed by atoms with E-state index in [9.17, 15) is 97.5 Å². The van der Waals surface area contributed by atoms with Gasteiger partial charge in [-0.2, -0.15) is 48.3 Å². The Bertz CT molecular complexity index is 2750. The summed E-state index contributed by atoms with van der Waals surface area (Å²) in [5, 5.41) is 40.8. The van der Waals surface area contributed by atoms with Crippen molar-refractivity contribution in [3.05, 3.63) is 0 Å². The number of carbonyl (C=O) groups excluding carboxylic acids is 6. The zero-order chi connectivity index (χ0) is 72.8. The van der Waals surface area contributed by atoms with Gasteiger partial charge in [-0.3, -0.25) is 28.8 Å². The number of alkyl halides is 11. The van der Waals surface area contributed by atoms with Crippen molar-refractivity contribution in [2.45, 2.75) is 291 Å². The van der Waals surface area contributed by atoms with Crippen molar-refractivity contribution >= 4 is 35.8 Å². The summed E-state index contributed by atoms with van der Waals surface area (Å²) in [5.41, 5.74) is -15.5. The Labute approximate surface area is 542 Å². The normalized spacial score (nSPS) is 33.0. The third-order valence-corrected chi connectivity index (χ3v) is 22.3. The summed E-state index contributed by atoms with van der Waals surface area (Å²) in [4.78, 5) is 72.3. The summed E-state index contributed by atoms with van der Waals surface area (Å²) in [6.45, 7) is 28.5. The molecule has 9 rings (SSSR count). The molecule has 9 aliphatic rings. The van der Waals surface area contributed by atoms with E-state index in [0.29, 0.717) is 44.9 Å². The van der Waals surface area contributed by atoms with E-state index in [2.05, 4.69) is 9.47 Å². The van der Waals surface area contributed by atoms with Crippen molar-refractivity contribution in [2.75, 3.05) is 19.8 Å². The summed E-state index contributed by atoms with van der Waals surface area (Å²) in [6.07, 6.45) is -12.1. The maximum atomic E-state index is 14.0. The molecule has 11 atom stereocenters. The fraction of sp³-hybridized carbons (Fsp3) is 0.908. The quantitative estimate of drug-likeness (QED) is 0.0565. The number of fused-ring (bicyclic) bond motifs is 1. The number of ether oxygens (including phenoxy) is 8. The van der Waals surface area contributed by atoms with Crippen LogP contribution in [0.5, 0.6) is 0 Å². The van der Waals surface area contributed by atoms with Gasteiger partial charge >= 0.3 is 66.1 Å². The molecule has 6 bridgehead atoms. The maximum absolute atomic E-state index is 14.0. The van der Waals surface area contributed by atoms with Crippen LogP contribution >= 0.6 is 0 Å². The molecule has 4 N–H and O–H groups in total. The van der Waals surface area contributed by atoms with Crippen LogP contribution in [0.1, 0.15) is 209 Å². The minimum atomic E-state index is -6.03. The van der Waals surface area contributed by atoms with E-state index in [1.807, 2.05) is 69.2 Å². The third kappa shape index (κ3) is 14.9. The first-order valence-corrected chi connectivity index (χ1v) is 32.0. The van der Waals surface area contributed by atoms with Crippen LogP contribution in [0.4, 0.5) is 48.3 Å². The van der Waals surface area contributed by atoms with Crippen LogP contribution in [0, 0.1) is 62.1 Å². The maximum Gasteiger partial charge on any atom is 0.449 e. The average Bonchev–Trinajstić information content (AvgIpc) is 1.02. The molecule has 6 saturated carbocycles. The lowest BCUT2D eigenvalue weighted by atomic mass is 9.37. The zero-order valence-corrected chi connectivity index (χ0v) is 57.4. The fourth-order valence-electron chi connectivity index (χ4n) is 14.2. The average molecular weight is 1380 g/mol. The number of hydrogen-bond acceptors (Lipinski definition) is 18. The van der Waals surface area contributed by atoms with Crippen LogP contribution in [0.2, 0.25) is 0 Å². The molecule has 3 heterocycles. The first kappa shape index (κ1) is 80.5. The Hall–Kier alpha value is -4.19. The van der Waals surface area contributed by atoms with Gasteiger partial charge in [0.1, 0.15) is 30.5 Å². The Morgan fingerprint density at radius 1 is 0.606 bits per heavy atom. The smallest absolute Gasteiger partial charge is 0.449 e. The van der Waals surface area contributed by atoms with Crippen molar-refractivity contribution < 1.29 is 135 Å². The van der Waals surface area contributed by atoms with E-state index >= 15 is 0 Å². The molecule has 0 aromatic heterocycles. The van der Waals surface area contributed by atoms with Crippen LogP contribution in [-0.4, -0.2) is 158 Å². The van der Waals surface area contributed by atoms with E-state index in [1.165, 1.54) is 27.7 Å². The number of halogens is 11. The Balaban J connectivity index is 0.000000237. The number of hydrogen-bond donors (Lipinski definition) is 4. The summed E-state index contributed by atoms with van der Waals surface area (Å²) in [5.74, 6) is -14.8. The highest BCUT2D eigenvalue weighted by Gasteiger charge is 2.83. The first-order chi connectivity index (χ1) is 42.0. The van der Waals surface area contributed by atoms with Gasteiger partial charge in [0, 0.05) is 28.6 Å². The van der Waals surface area contributed by atoms with Gasteiger partial charge in [-0.25, -0.2) is 0 Å². The molecule has 0 radical (unpaired) electrons. The van der Waals surface area contributed by atoms with Gasteiger partial charge in [-0.05, 0) is 180 Å². The molecule has 11 unspecified atom stereocenters. The Morgan fingerprint density at radius 2 is 1.04 bits per heavy atom. The van der Waals surface area contributed by atoms with Crippen molar-refractivity contribution in [3.8, 4) is 0 Å². The topological polar surface area (TPSA) is 257 Å². The largest absolute Gasteiger partial charge is 0.462 e. The van der Waals surface area contributed by atoms with Crippen molar-refractivity contribution in [1.82, 2.24) is 0 Å².